The molecule has 0 aliphatic carbocycles. The Kier molecular flexibility index (Phi) is 7.25. The van der Waals surface area contributed by atoms with Gasteiger partial charge >= 0.3 is 6.03 Å². The molecule has 1 heterocycles. The van der Waals surface area contributed by atoms with Crippen LogP contribution in [0.2, 0.25) is 0 Å². The molecule has 0 bridgehead atoms. The molecule has 0 aliphatic rings. The van der Waals surface area contributed by atoms with E-state index in [0.717, 1.165) is 22.4 Å². The minimum absolute atomic E-state index is 0.276. The van der Waals surface area contributed by atoms with E-state index in [9.17, 15) is 9.59 Å². The van der Waals surface area contributed by atoms with Crippen molar-refractivity contribution in [2.45, 2.75) is 11.4 Å². The van der Waals surface area contributed by atoms with Gasteiger partial charge in [0.2, 0.25) is 0 Å². The largest absolute Gasteiger partial charge is 0.457 e. The molecule has 0 saturated heterocycles. The van der Waals surface area contributed by atoms with Gasteiger partial charge in [-0.05, 0) is 60.0 Å². The molecule has 2 aromatic carbocycles. The highest BCUT2D eigenvalue weighted by molar-refractivity contribution is 7.97. The summed E-state index contributed by atoms with van der Waals surface area (Å²) in [7, 11) is 1.54. The minimum Gasteiger partial charge on any atom is -0.457 e. The van der Waals surface area contributed by atoms with E-state index >= 15 is 0 Å². The molecule has 8 nitrogen and oxygen atoms in total. The number of pyridine rings is 1. The second-order valence-electron chi connectivity index (χ2n) is 6.15. The summed E-state index contributed by atoms with van der Waals surface area (Å²) in [4.78, 5) is 28.6. The summed E-state index contributed by atoms with van der Waals surface area (Å²) in [5.41, 5.74) is 1.87. The Hall–Kier alpha value is -3.56. The SMILES string of the molecule is CNC(=O)c1cc(Oc2ccc(CNC(=O)Nc3ccc(SN)cc3)cc2)ccn1. The van der Waals surface area contributed by atoms with Gasteiger partial charge in [0.15, 0.2) is 0 Å². The number of carbonyl (C=O) groups excluding carboxylic acids is 2. The van der Waals surface area contributed by atoms with E-state index in [1.165, 1.54) is 6.20 Å². The van der Waals surface area contributed by atoms with Gasteiger partial charge in [-0.2, -0.15) is 0 Å². The predicted molar refractivity (Wildman–Crippen MR) is 116 cm³/mol. The first-order valence-electron chi connectivity index (χ1n) is 9.04. The summed E-state index contributed by atoms with van der Waals surface area (Å²) in [5, 5.41) is 13.6. The van der Waals surface area contributed by atoms with Crippen LogP contribution < -0.4 is 25.8 Å². The zero-order valence-corrected chi connectivity index (χ0v) is 17.0. The van der Waals surface area contributed by atoms with E-state index in [1.807, 2.05) is 24.3 Å². The van der Waals surface area contributed by atoms with Gasteiger partial charge in [-0.25, -0.2) is 4.79 Å². The molecule has 0 spiro atoms. The van der Waals surface area contributed by atoms with Crippen molar-refractivity contribution in [3.8, 4) is 11.5 Å². The highest BCUT2D eigenvalue weighted by Gasteiger charge is 2.07. The number of hydrogen-bond acceptors (Lipinski definition) is 6. The number of amides is 3. The minimum atomic E-state index is -0.304. The quantitative estimate of drug-likeness (QED) is 0.432. The van der Waals surface area contributed by atoms with Crippen molar-refractivity contribution in [3.63, 3.8) is 0 Å². The van der Waals surface area contributed by atoms with Gasteiger partial charge < -0.3 is 20.7 Å². The number of nitrogens with two attached hydrogens (primary N) is 1. The molecule has 3 aromatic rings. The lowest BCUT2D eigenvalue weighted by Gasteiger charge is -2.10. The first-order valence-corrected chi connectivity index (χ1v) is 9.92. The molecule has 0 atom stereocenters. The molecule has 30 heavy (non-hydrogen) atoms. The van der Waals surface area contributed by atoms with Crippen LogP contribution in [0, 0.1) is 0 Å². The van der Waals surface area contributed by atoms with E-state index in [2.05, 4.69) is 20.9 Å². The number of urea groups is 1. The Morgan fingerprint density at radius 3 is 2.43 bits per heavy atom. The average Bonchev–Trinajstić information content (AvgIpc) is 2.79. The first-order chi connectivity index (χ1) is 14.6. The van der Waals surface area contributed by atoms with Crippen LogP contribution in [0.5, 0.6) is 11.5 Å². The second-order valence-corrected chi connectivity index (χ2v) is 6.86. The standard InChI is InChI=1S/C21H21N5O3S/c1-23-20(27)19-12-17(10-11-24-19)29-16-6-2-14(3-7-16)13-25-21(28)26-15-4-8-18(30-22)9-5-15/h2-12H,13,22H2,1H3,(H,23,27)(H2,25,26,28). The number of anilines is 1. The van der Waals surface area contributed by atoms with Gasteiger partial charge in [-0.1, -0.05) is 12.1 Å². The number of carbonyl (C=O) groups is 2. The predicted octanol–water partition coefficient (Wildman–Crippen LogP) is 3.52. The van der Waals surface area contributed by atoms with Crippen molar-refractivity contribution >= 4 is 29.6 Å². The van der Waals surface area contributed by atoms with Gasteiger partial charge in [0.05, 0.1) is 0 Å². The molecule has 0 aliphatic heterocycles. The highest BCUT2D eigenvalue weighted by Crippen LogP contribution is 2.22. The molecule has 3 amide bonds. The summed E-state index contributed by atoms with van der Waals surface area (Å²) in [5.74, 6) is 0.831. The van der Waals surface area contributed by atoms with Crippen LogP contribution in [0.15, 0.2) is 71.8 Å². The van der Waals surface area contributed by atoms with Crippen LogP contribution in [-0.2, 0) is 6.54 Å². The Balaban J connectivity index is 1.51. The number of benzene rings is 2. The van der Waals surface area contributed by atoms with E-state index in [-0.39, 0.29) is 17.6 Å². The molecule has 0 unspecified atom stereocenters. The van der Waals surface area contributed by atoms with E-state index in [0.29, 0.717) is 23.7 Å². The average molecular weight is 423 g/mol. The maximum Gasteiger partial charge on any atom is 0.319 e. The van der Waals surface area contributed by atoms with Crippen LogP contribution in [0.25, 0.3) is 0 Å². The fourth-order valence-electron chi connectivity index (χ4n) is 2.51. The van der Waals surface area contributed by atoms with Crippen LogP contribution in [0.4, 0.5) is 10.5 Å². The monoisotopic (exact) mass is 423 g/mol. The lowest BCUT2D eigenvalue weighted by atomic mass is 10.2. The number of rotatable bonds is 7. The molecule has 0 saturated carbocycles. The molecule has 0 radical (unpaired) electrons. The lowest BCUT2D eigenvalue weighted by molar-refractivity contribution is 0.0958. The Morgan fingerprint density at radius 1 is 1.03 bits per heavy atom. The van der Waals surface area contributed by atoms with Gasteiger partial charge in [-0.15, -0.1) is 0 Å². The molecular weight excluding hydrogens is 402 g/mol. The van der Waals surface area contributed by atoms with Gasteiger partial charge in [0, 0.05) is 36.4 Å². The third-order valence-electron chi connectivity index (χ3n) is 4.05. The Morgan fingerprint density at radius 2 is 1.77 bits per heavy atom. The number of nitrogens with zero attached hydrogens (tertiary/aromatic N) is 1. The topological polar surface area (TPSA) is 118 Å². The number of hydrogen-bond donors (Lipinski definition) is 4. The normalized spacial score (nSPS) is 10.2. The summed E-state index contributed by atoms with van der Waals surface area (Å²) in [6.45, 7) is 0.360. The molecule has 154 valence electrons. The van der Waals surface area contributed by atoms with Gasteiger partial charge in [0.25, 0.3) is 5.91 Å². The van der Waals surface area contributed by atoms with Crippen molar-refractivity contribution in [2.24, 2.45) is 5.14 Å². The van der Waals surface area contributed by atoms with E-state index in [4.69, 9.17) is 9.88 Å². The summed E-state index contributed by atoms with van der Waals surface area (Å²) < 4.78 is 5.76. The highest BCUT2D eigenvalue weighted by atomic mass is 32.2. The third kappa shape index (κ3) is 5.97. The zero-order chi connectivity index (χ0) is 21.3. The van der Waals surface area contributed by atoms with Crippen LogP contribution in [0.1, 0.15) is 16.1 Å². The zero-order valence-electron chi connectivity index (χ0n) is 16.2. The molecule has 5 N–H and O–H groups in total. The van der Waals surface area contributed by atoms with Crippen molar-refractivity contribution in [3.05, 3.63) is 78.1 Å². The third-order valence-corrected chi connectivity index (χ3v) is 4.60. The lowest BCUT2D eigenvalue weighted by Crippen LogP contribution is -2.28. The number of nitrogens with one attached hydrogen (secondary N) is 3. The summed E-state index contributed by atoms with van der Waals surface area (Å²) in [6, 6.07) is 17.5. The Labute approximate surface area is 178 Å². The van der Waals surface area contributed by atoms with Gasteiger partial charge in [0.1, 0.15) is 17.2 Å². The molecule has 0 fully saturated rings. The van der Waals surface area contributed by atoms with E-state index in [1.54, 1.807) is 43.4 Å². The van der Waals surface area contributed by atoms with Crippen LogP contribution in [-0.4, -0.2) is 24.0 Å². The molecule has 1 aromatic heterocycles. The summed E-state index contributed by atoms with van der Waals surface area (Å²) >= 11 is 1.15. The summed E-state index contributed by atoms with van der Waals surface area (Å²) in [6.07, 6.45) is 1.51. The molecular formula is C21H21N5O3S. The van der Waals surface area contributed by atoms with Crippen molar-refractivity contribution in [2.75, 3.05) is 12.4 Å². The van der Waals surface area contributed by atoms with Crippen molar-refractivity contribution in [1.82, 2.24) is 15.6 Å². The van der Waals surface area contributed by atoms with Crippen LogP contribution >= 0.6 is 11.9 Å². The van der Waals surface area contributed by atoms with Crippen molar-refractivity contribution in [1.29, 1.82) is 0 Å². The van der Waals surface area contributed by atoms with Crippen LogP contribution in [0.3, 0.4) is 0 Å². The second kappa shape index (κ2) is 10.3. The Bertz CT molecular complexity index is 1010. The fraction of sp³-hybridized carbons (Fsp3) is 0.0952. The van der Waals surface area contributed by atoms with E-state index < -0.39 is 0 Å². The maximum atomic E-state index is 12.0. The fourth-order valence-corrected chi connectivity index (χ4v) is 2.81. The first kappa shape index (κ1) is 21.2. The smallest absolute Gasteiger partial charge is 0.319 e. The van der Waals surface area contributed by atoms with Crippen molar-refractivity contribution < 1.29 is 14.3 Å². The van der Waals surface area contributed by atoms with Gasteiger partial charge in [-0.3, -0.25) is 14.9 Å². The maximum absolute atomic E-state index is 12.0. The molecule has 3 rings (SSSR count). The number of ether oxygens (including phenoxy) is 1. The molecule has 9 heteroatoms. The number of aromatic nitrogens is 1.